The Morgan fingerprint density at radius 1 is 1.14 bits per heavy atom. The lowest BCUT2D eigenvalue weighted by Gasteiger charge is -2.17. The minimum Gasteiger partial charge on any atom is -0.373 e. The normalized spacial score (nSPS) is 15.9. The van der Waals surface area contributed by atoms with Gasteiger partial charge in [0.2, 0.25) is 11.7 Å². The molecule has 3 unspecified atom stereocenters. The van der Waals surface area contributed by atoms with E-state index < -0.39 is 0 Å². The van der Waals surface area contributed by atoms with E-state index in [4.69, 9.17) is 15.0 Å². The Bertz CT molecular complexity index is 554. The van der Waals surface area contributed by atoms with Gasteiger partial charge in [-0.2, -0.15) is 4.98 Å². The number of ether oxygens (including phenoxy) is 1. The van der Waals surface area contributed by atoms with E-state index in [-0.39, 0.29) is 24.0 Å². The molecule has 5 heteroatoms. The van der Waals surface area contributed by atoms with E-state index in [9.17, 15) is 0 Å². The van der Waals surface area contributed by atoms with E-state index in [1.54, 1.807) is 7.11 Å². The molecule has 3 atom stereocenters. The van der Waals surface area contributed by atoms with Crippen LogP contribution in [0.2, 0.25) is 0 Å². The van der Waals surface area contributed by atoms with Crippen LogP contribution in [0.4, 0.5) is 0 Å². The van der Waals surface area contributed by atoms with Crippen molar-refractivity contribution in [3.8, 4) is 0 Å². The van der Waals surface area contributed by atoms with E-state index in [2.05, 4.69) is 24.0 Å². The fourth-order valence-corrected chi connectivity index (χ4v) is 2.34. The van der Waals surface area contributed by atoms with Gasteiger partial charge in [-0.25, -0.2) is 0 Å². The maximum Gasteiger partial charge on any atom is 0.231 e. The van der Waals surface area contributed by atoms with E-state index in [1.165, 1.54) is 0 Å². The molecular formula is C16H23N3O2. The van der Waals surface area contributed by atoms with Gasteiger partial charge < -0.3 is 15.0 Å². The Morgan fingerprint density at radius 2 is 1.81 bits per heavy atom. The van der Waals surface area contributed by atoms with Gasteiger partial charge in [-0.05, 0) is 11.5 Å². The van der Waals surface area contributed by atoms with Crippen LogP contribution >= 0.6 is 0 Å². The number of nitrogens with zero attached hydrogens (tertiary/aromatic N) is 2. The summed E-state index contributed by atoms with van der Waals surface area (Å²) in [6.07, 6.45) is -0.164. The molecule has 0 fully saturated rings. The molecule has 0 saturated heterocycles. The molecule has 0 aliphatic rings. The molecule has 2 rings (SSSR count). The molecule has 0 saturated carbocycles. The summed E-state index contributed by atoms with van der Waals surface area (Å²) in [5, 5.41) is 4.04. The van der Waals surface area contributed by atoms with Crippen LogP contribution < -0.4 is 5.73 Å². The smallest absolute Gasteiger partial charge is 0.231 e. The van der Waals surface area contributed by atoms with Gasteiger partial charge >= 0.3 is 0 Å². The molecular weight excluding hydrogens is 266 g/mol. The number of hydrogen-bond donors (Lipinski definition) is 1. The second-order valence-corrected chi connectivity index (χ2v) is 5.62. The van der Waals surface area contributed by atoms with Crippen LogP contribution in [0.1, 0.15) is 56.1 Å². The van der Waals surface area contributed by atoms with Gasteiger partial charge in [0, 0.05) is 13.2 Å². The third-order valence-corrected chi connectivity index (χ3v) is 3.68. The van der Waals surface area contributed by atoms with Crippen molar-refractivity contribution in [2.24, 2.45) is 11.7 Å². The SMILES string of the molecule is COC(c1noc(C(C)C(N)c2ccccc2)n1)C(C)C. The first-order valence-electron chi connectivity index (χ1n) is 7.21. The topological polar surface area (TPSA) is 74.2 Å². The molecule has 1 aromatic heterocycles. The lowest BCUT2D eigenvalue weighted by Crippen LogP contribution is -2.18. The lowest BCUT2D eigenvalue weighted by atomic mass is 9.95. The van der Waals surface area contributed by atoms with Gasteiger partial charge in [-0.15, -0.1) is 0 Å². The zero-order chi connectivity index (χ0) is 15.4. The van der Waals surface area contributed by atoms with E-state index in [1.807, 2.05) is 37.3 Å². The van der Waals surface area contributed by atoms with Gasteiger partial charge in [0.1, 0.15) is 6.10 Å². The van der Waals surface area contributed by atoms with Crippen LogP contribution in [-0.2, 0) is 4.74 Å². The molecule has 5 nitrogen and oxygen atoms in total. The summed E-state index contributed by atoms with van der Waals surface area (Å²) in [6, 6.07) is 9.74. The first-order valence-corrected chi connectivity index (χ1v) is 7.21. The number of methoxy groups -OCH3 is 1. The average Bonchev–Trinajstić information content (AvgIpc) is 2.96. The van der Waals surface area contributed by atoms with Crippen LogP contribution in [0.5, 0.6) is 0 Å². The molecule has 0 radical (unpaired) electrons. The summed E-state index contributed by atoms with van der Waals surface area (Å²) in [6.45, 7) is 6.11. The summed E-state index contributed by atoms with van der Waals surface area (Å²) < 4.78 is 10.8. The van der Waals surface area contributed by atoms with Crippen molar-refractivity contribution in [3.63, 3.8) is 0 Å². The summed E-state index contributed by atoms with van der Waals surface area (Å²) in [5.41, 5.74) is 7.34. The highest BCUT2D eigenvalue weighted by molar-refractivity contribution is 5.21. The maximum atomic E-state index is 6.29. The first-order chi connectivity index (χ1) is 10.0. The van der Waals surface area contributed by atoms with Crippen molar-refractivity contribution in [2.45, 2.75) is 38.8 Å². The zero-order valence-corrected chi connectivity index (χ0v) is 13.0. The molecule has 0 amide bonds. The number of aromatic nitrogens is 2. The predicted octanol–water partition coefficient (Wildman–Crippen LogP) is 3.22. The van der Waals surface area contributed by atoms with Crippen molar-refractivity contribution in [2.75, 3.05) is 7.11 Å². The summed E-state index contributed by atoms with van der Waals surface area (Å²) >= 11 is 0. The molecule has 0 aliphatic carbocycles. The van der Waals surface area contributed by atoms with Crippen LogP contribution in [0, 0.1) is 5.92 Å². The highest BCUT2D eigenvalue weighted by Crippen LogP contribution is 2.29. The van der Waals surface area contributed by atoms with Gasteiger partial charge in [0.25, 0.3) is 0 Å². The fourth-order valence-electron chi connectivity index (χ4n) is 2.34. The average molecular weight is 289 g/mol. The minimum atomic E-state index is -0.181. The van der Waals surface area contributed by atoms with Gasteiger partial charge in [-0.3, -0.25) is 0 Å². The molecule has 114 valence electrons. The quantitative estimate of drug-likeness (QED) is 0.883. The van der Waals surface area contributed by atoms with Crippen molar-refractivity contribution < 1.29 is 9.26 Å². The van der Waals surface area contributed by atoms with Crippen molar-refractivity contribution in [3.05, 3.63) is 47.6 Å². The zero-order valence-electron chi connectivity index (χ0n) is 13.0. The second-order valence-electron chi connectivity index (χ2n) is 5.62. The Hall–Kier alpha value is -1.72. The highest BCUT2D eigenvalue weighted by atomic mass is 16.5. The standard InChI is InChI=1S/C16H23N3O2/c1-10(2)14(20-4)15-18-16(21-19-15)11(3)13(17)12-8-6-5-7-9-12/h5-11,13-14H,17H2,1-4H3. The molecule has 0 bridgehead atoms. The van der Waals surface area contributed by atoms with Crippen LogP contribution in [0.15, 0.2) is 34.9 Å². The second kappa shape index (κ2) is 6.83. The molecule has 2 N–H and O–H groups in total. The number of nitrogens with two attached hydrogens (primary N) is 1. The Morgan fingerprint density at radius 3 is 2.38 bits per heavy atom. The number of rotatable bonds is 6. The number of benzene rings is 1. The summed E-state index contributed by atoms with van der Waals surface area (Å²) in [4.78, 5) is 4.47. The van der Waals surface area contributed by atoms with Crippen molar-refractivity contribution >= 4 is 0 Å². The molecule has 1 heterocycles. The highest BCUT2D eigenvalue weighted by Gasteiger charge is 2.26. The molecule has 0 aliphatic heterocycles. The van der Waals surface area contributed by atoms with Gasteiger partial charge in [0.15, 0.2) is 0 Å². The van der Waals surface area contributed by atoms with Crippen LogP contribution in [0.25, 0.3) is 0 Å². The largest absolute Gasteiger partial charge is 0.373 e. The molecule has 0 spiro atoms. The first kappa shape index (κ1) is 15.7. The van der Waals surface area contributed by atoms with Crippen molar-refractivity contribution in [1.29, 1.82) is 0 Å². The van der Waals surface area contributed by atoms with Crippen LogP contribution in [-0.4, -0.2) is 17.3 Å². The van der Waals surface area contributed by atoms with Gasteiger partial charge in [0.05, 0.1) is 5.92 Å². The van der Waals surface area contributed by atoms with E-state index >= 15 is 0 Å². The maximum absolute atomic E-state index is 6.29. The third kappa shape index (κ3) is 3.49. The Kier molecular flexibility index (Phi) is 5.09. The van der Waals surface area contributed by atoms with E-state index in [0.717, 1.165) is 5.56 Å². The van der Waals surface area contributed by atoms with Gasteiger partial charge in [-0.1, -0.05) is 56.3 Å². The van der Waals surface area contributed by atoms with Crippen molar-refractivity contribution in [1.82, 2.24) is 10.1 Å². The Labute approximate surface area is 125 Å². The predicted molar refractivity (Wildman–Crippen MR) is 80.7 cm³/mol. The van der Waals surface area contributed by atoms with Crippen LogP contribution in [0.3, 0.4) is 0 Å². The minimum absolute atomic E-state index is 0.0571. The monoisotopic (exact) mass is 289 g/mol. The lowest BCUT2D eigenvalue weighted by molar-refractivity contribution is 0.0555. The summed E-state index contributed by atoms with van der Waals surface area (Å²) in [7, 11) is 1.65. The number of hydrogen-bond acceptors (Lipinski definition) is 5. The fraction of sp³-hybridized carbons (Fsp3) is 0.500. The molecule has 1 aromatic carbocycles. The van der Waals surface area contributed by atoms with E-state index in [0.29, 0.717) is 11.7 Å². The molecule has 21 heavy (non-hydrogen) atoms. The third-order valence-electron chi connectivity index (χ3n) is 3.68. The molecule has 2 aromatic rings. The summed E-state index contributed by atoms with van der Waals surface area (Å²) in [5.74, 6) is 1.34. The Balaban J connectivity index is 2.17.